The lowest BCUT2D eigenvalue weighted by Crippen LogP contribution is -2.35. The molecule has 1 aliphatic heterocycles. The van der Waals surface area contributed by atoms with Gasteiger partial charge in [-0.1, -0.05) is 6.08 Å². The summed E-state index contributed by atoms with van der Waals surface area (Å²) in [5, 5.41) is 4.47. The van der Waals surface area contributed by atoms with E-state index >= 15 is 0 Å². The Hall–Kier alpha value is -0.880. The first-order valence-corrected chi connectivity index (χ1v) is 6.35. The third kappa shape index (κ3) is 2.79. The maximum Gasteiger partial charge on any atom is 0.219 e. The third-order valence-electron chi connectivity index (χ3n) is 2.72. The van der Waals surface area contributed by atoms with Crippen LogP contribution in [0.3, 0.4) is 0 Å². The third-order valence-corrected chi connectivity index (χ3v) is 4.10. The van der Waals surface area contributed by atoms with E-state index in [9.17, 15) is 13.2 Å². The van der Waals surface area contributed by atoms with Crippen LogP contribution < -0.4 is 5.14 Å². The van der Waals surface area contributed by atoms with Crippen LogP contribution in [-0.4, -0.2) is 37.6 Å². The van der Waals surface area contributed by atoms with Gasteiger partial charge in [-0.3, -0.25) is 4.79 Å². The molecule has 2 atom stereocenters. The predicted molar refractivity (Wildman–Crippen MR) is 57.5 cm³/mol. The highest BCUT2D eigenvalue weighted by Gasteiger charge is 2.39. The number of hydrogen-bond acceptors (Lipinski definition) is 3. The number of likely N-dealkylation sites (tertiary alicyclic amines) is 1. The molecule has 0 spiro atoms. The summed E-state index contributed by atoms with van der Waals surface area (Å²) in [6.45, 7) is 5.65. The van der Waals surface area contributed by atoms with Gasteiger partial charge in [0.25, 0.3) is 0 Å². The van der Waals surface area contributed by atoms with Crippen molar-refractivity contribution in [3.05, 3.63) is 12.7 Å². The lowest BCUT2D eigenvalue weighted by atomic mass is 10.1. The van der Waals surface area contributed by atoms with Gasteiger partial charge in [-0.05, 0) is 12.3 Å². The average molecular weight is 232 g/mol. The molecule has 1 aliphatic rings. The Balaban J connectivity index is 2.85. The number of hydrogen-bond donors (Lipinski definition) is 1. The Kier molecular flexibility index (Phi) is 3.51. The van der Waals surface area contributed by atoms with E-state index in [1.807, 2.05) is 0 Å². The van der Waals surface area contributed by atoms with Gasteiger partial charge in [0.1, 0.15) is 0 Å². The minimum absolute atomic E-state index is 0.116. The highest BCUT2D eigenvalue weighted by molar-refractivity contribution is 7.89. The van der Waals surface area contributed by atoms with Gasteiger partial charge in [0.15, 0.2) is 0 Å². The highest BCUT2D eigenvalue weighted by Crippen LogP contribution is 2.25. The van der Waals surface area contributed by atoms with Gasteiger partial charge in [-0.25, -0.2) is 13.6 Å². The zero-order valence-electron chi connectivity index (χ0n) is 8.72. The Bertz CT molecular complexity index is 364. The summed E-state index contributed by atoms with van der Waals surface area (Å²) in [6, 6.07) is 0. The van der Waals surface area contributed by atoms with E-state index in [0.717, 1.165) is 0 Å². The van der Waals surface area contributed by atoms with Crippen molar-refractivity contribution < 1.29 is 13.2 Å². The van der Waals surface area contributed by atoms with E-state index in [-0.39, 0.29) is 18.4 Å². The zero-order valence-corrected chi connectivity index (χ0v) is 9.53. The highest BCUT2D eigenvalue weighted by atomic mass is 32.2. The van der Waals surface area contributed by atoms with E-state index in [4.69, 9.17) is 5.14 Å². The average Bonchev–Trinajstić information content (AvgIpc) is 2.48. The number of carbonyl (C=O) groups is 1. The van der Waals surface area contributed by atoms with Crippen LogP contribution in [0.5, 0.6) is 0 Å². The molecule has 0 bridgehead atoms. The van der Waals surface area contributed by atoms with Gasteiger partial charge in [0.05, 0.1) is 5.25 Å². The standard InChI is InChI=1S/C9H16N2O3S/c1-3-4-8-5-11(7(2)12)6-9(8)15(10,13)14/h3,8-9H,1,4-6H2,2H3,(H2,10,13,14)/t8-,9-/m1/s1. The fourth-order valence-electron chi connectivity index (χ4n) is 1.91. The van der Waals surface area contributed by atoms with Crippen LogP contribution in [0, 0.1) is 5.92 Å². The van der Waals surface area contributed by atoms with Crippen molar-refractivity contribution in [2.75, 3.05) is 13.1 Å². The SMILES string of the molecule is C=CC[C@@H]1CN(C(C)=O)C[C@H]1S(N)(=O)=O. The summed E-state index contributed by atoms with van der Waals surface area (Å²) in [4.78, 5) is 12.6. The summed E-state index contributed by atoms with van der Waals surface area (Å²) in [6.07, 6.45) is 2.22. The molecule has 0 aromatic carbocycles. The summed E-state index contributed by atoms with van der Waals surface area (Å²) < 4.78 is 22.6. The van der Waals surface area contributed by atoms with Crippen molar-refractivity contribution in [3.63, 3.8) is 0 Å². The molecule has 1 heterocycles. The molecule has 1 rings (SSSR count). The molecule has 0 radical (unpaired) electrons. The fraction of sp³-hybridized carbons (Fsp3) is 0.667. The van der Waals surface area contributed by atoms with Crippen LogP contribution in [0.1, 0.15) is 13.3 Å². The van der Waals surface area contributed by atoms with Crippen LogP contribution in [0.25, 0.3) is 0 Å². The summed E-state index contributed by atoms with van der Waals surface area (Å²) in [7, 11) is -3.58. The van der Waals surface area contributed by atoms with Crippen LogP contribution in [0.15, 0.2) is 12.7 Å². The lowest BCUT2D eigenvalue weighted by Gasteiger charge is -2.13. The molecule has 5 nitrogen and oxygen atoms in total. The van der Waals surface area contributed by atoms with E-state index < -0.39 is 15.3 Å². The number of carbonyl (C=O) groups excluding carboxylic acids is 1. The van der Waals surface area contributed by atoms with Gasteiger partial charge >= 0.3 is 0 Å². The second kappa shape index (κ2) is 4.32. The molecule has 1 amide bonds. The molecule has 6 heteroatoms. The van der Waals surface area contributed by atoms with Gasteiger partial charge in [-0.2, -0.15) is 0 Å². The quantitative estimate of drug-likeness (QED) is 0.678. The topological polar surface area (TPSA) is 80.5 Å². The lowest BCUT2D eigenvalue weighted by molar-refractivity contribution is -0.127. The Morgan fingerprint density at radius 3 is 2.60 bits per heavy atom. The molecule has 86 valence electrons. The largest absolute Gasteiger partial charge is 0.341 e. The van der Waals surface area contributed by atoms with Crippen LogP contribution in [0.2, 0.25) is 0 Å². The van der Waals surface area contributed by atoms with Crippen molar-refractivity contribution in [3.8, 4) is 0 Å². The Morgan fingerprint density at radius 2 is 2.20 bits per heavy atom. The predicted octanol–water partition coefficient (Wildman–Crippen LogP) is -0.302. The summed E-state index contributed by atoms with van der Waals surface area (Å²) >= 11 is 0. The van der Waals surface area contributed by atoms with Crippen LogP contribution in [-0.2, 0) is 14.8 Å². The first-order valence-electron chi connectivity index (χ1n) is 4.74. The molecule has 0 aromatic rings. The van der Waals surface area contributed by atoms with E-state index in [0.29, 0.717) is 13.0 Å². The molecule has 2 N–H and O–H groups in total. The van der Waals surface area contributed by atoms with E-state index in [1.165, 1.54) is 11.8 Å². The van der Waals surface area contributed by atoms with E-state index in [1.54, 1.807) is 6.08 Å². The molecular formula is C9H16N2O3S. The van der Waals surface area contributed by atoms with Crippen molar-refractivity contribution >= 4 is 15.9 Å². The minimum Gasteiger partial charge on any atom is -0.341 e. The fourth-order valence-corrected chi connectivity index (χ4v) is 3.03. The number of allylic oxidation sites excluding steroid dienone is 1. The number of sulfonamides is 1. The molecule has 15 heavy (non-hydrogen) atoms. The monoisotopic (exact) mass is 232 g/mol. The molecule has 0 saturated carbocycles. The Labute approximate surface area is 90.0 Å². The molecule has 0 aliphatic carbocycles. The number of amides is 1. The van der Waals surface area contributed by atoms with E-state index in [2.05, 4.69) is 6.58 Å². The first kappa shape index (κ1) is 12.2. The van der Waals surface area contributed by atoms with Crippen LogP contribution >= 0.6 is 0 Å². The maximum atomic E-state index is 11.3. The molecular weight excluding hydrogens is 216 g/mol. The number of nitrogens with zero attached hydrogens (tertiary/aromatic N) is 1. The van der Waals surface area contributed by atoms with Crippen LogP contribution in [0.4, 0.5) is 0 Å². The van der Waals surface area contributed by atoms with Gasteiger partial charge < -0.3 is 4.90 Å². The number of rotatable bonds is 3. The summed E-state index contributed by atoms with van der Waals surface area (Å²) in [5.74, 6) is -0.239. The maximum absolute atomic E-state index is 11.3. The molecule has 1 fully saturated rings. The minimum atomic E-state index is -3.58. The number of nitrogens with two attached hydrogens (primary N) is 1. The first-order chi connectivity index (χ1) is 6.86. The molecule has 1 saturated heterocycles. The summed E-state index contributed by atoms with van der Waals surface area (Å²) in [5.41, 5.74) is 0. The van der Waals surface area contributed by atoms with Crippen molar-refractivity contribution in [2.24, 2.45) is 11.1 Å². The second-order valence-electron chi connectivity index (χ2n) is 3.84. The van der Waals surface area contributed by atoms with Crippen molar-refractivity contribution in [1.29, 1.82) is 0 Å². The Morgan fingerprint density at radius 1 is 1.60 bits per heavy atom. The van der Waals surface area contributed by atoms with Gasteiger partial charge in [-0.15, -0.1) is 6.58 Å². The zero-order chi connectivity index (χ0) is 11.6. The number of primary sulfonamides is 1. The molecule has 0 aromatic heterocycles. The van der Waals surface area contributed by atoms with Crippen molar-refractivity contribution in [2.45, 2.75) is 18.6 Å². The normalized spacial score (nSPS) is 26.7. The van der Waals surface area contributed by atoms with Gasteiger partial charge in [0.2, 0.25) is 15.9 Å². The second-order valence-corrected chi connectivity index (χ2v) is 5.62. The van der Waals surface area contributed by atoms with Gasteiger partial charge in [0, 0.05) is 20.0 Å². The molecule has 0 unspecified atom stereocenters. The smallest absolute Gasteiger partial charge is 0.219 e. The van der Waals surface area contributed by atoms with Crippen molar-refractivity contribution in [1.82, 2.24) is 4.90 Å².